The summed E-state index contributed by atoms with van der Waals surface area (Å²) in [5, 5.41) is 12.2. The van der Waals surface area contributed by atoms with Gasteiger partial charge in [-0.1, -0.05) is 41.7 Å². The summed E-state index contributed by atoms with van der Waals surface area (Å²) in [4.78, 5) is 13.2. The molecular weight excluding hydrogens is 366 g/mol. The maximum Gasteiger partial charge on any atom is 0.250 e. The van der Waals surface area contributed by atoms with E-state index in [1.807, 2.05) is 42.5 Å². The van der Waals surface area contributed by atoms with Crippen LogP contribution >= 0.6 is 23.1 Å². The number of anilines is 1. The molecule has 3 aromatic rings. The van der Waals surface area contributed by atoms with E-state index in [2.05, 4.69) is 27.6 Å². The molecule has 7 heteroatoms. The number of ether oxygens (including phenoxy) is 1. The van der Waals surface area contributed by atoms with Gasteiger partial charge in [0.05, 0.1) is 12.9 Å². The highest BCUT2D eigenvalue weighted by molar-refractivity contribution is 7.98. The highest BCUT2D eigenvalue weighted by atomic mass is 32.2. The first-order valence-electron chi connectivity index (χ1n) is 7.86. The third-order valence-corrected chi connectivity index (χ3v) is 5.39. The maximum absolute atomic E-state index is 12.0. The van der Waals surface area contributed by atoms with Crippen molar-refractivity contribution in [2.24, 2.45) is 0 Å². The van der Waals surface area contributed by atoms with Crippen LogP contribution in [-0.4, -0.2) is 23.2 Å². The van der Waals surface area contributed by atoms with Crippen LogP contribution in [0.1, 0.15) is 10.6 Å². The lowest BCUT2D eigenvalue weighted by Gasteiger charge is -1.99. The number of benzene rings is 2. The number of aromatic nitrogens is 2. The SMILES string of the molecule is COc1ccc(/C=C/C(=O)Nc2nnc(CSc3ccccc3)s2)cc1. The van der Waals surface area contributed by atoms with Gasteiger partial charge in [-0.05, 0) is 35.9 Å². The van der Waals surface area contributed by atoms with Crippen molar-refractivity contribution in [1.82, 2.24) is 10.2 Å². The van der Waals surface area contributed by atoms with Gasteiger partial charge in [0, 0.05) is 11.0 Å². The quantitative estimate of drug-likeness (QED) is 0.481. The molecule has 0 fully saturated rings. The smallest absolute Gasteiger partial charge is 0.250 e. The van der Waals surface area contributed by atoms with Gasteiger partial charge >= 0.3 is 0 Å². The van der Waals surface area contributed by atoms with Crippen molar-refractivity contribution in [2.75, 3.05) is 12.4 Å². The molecule has 2 aromatic carbocycles. The largest absolute Gasteiger partial charge is 0.497 e. The van der Waals surface area contributed by atoms with Gasteiger partial charge in [-0.25, -0.2) is 0 Å². The van der Waals surface area contributed by atoms with Gasteiger partial charge in [0.1, 0.15) is 10.8 Å². The van der Waals surface area contributed by atoms with Crippen LogP contribution in [0.5, 0.6) is 5.75 Å². The highest BCUT2D eigenvalue weighted by Gasteiger charge is 2.07. The van der Waals surface area contributed by atoms with E-state index in [-0.39, 0.29) is 5.91 Å². The minimum atomic E-state index is -0.237. The monoisotopic (exact) mass is 383 g/mol. The molecular formula is C19H17N3O2S2. The zero-order valence-electron chi connectivity index (χ0n) is 14.1. The van der Waals surface area contributed by atoms with Gasteiger partial charge in [0.2, 0.25) is 11.0 Å². The third kappa shape index (κ3) is 5.44. The number of hydrogen-bond acceptors (Lipinski definition) is 6. The number of rotatable bonds is 7. The fourth-order valence-electron chi connectivity index (χ4n) is 2.06. The Bertz CT molecular complexity index is 877. The normalized spacial score (nSPS) is 10.8. The van der Waals surface area contributed by atoms with Crippen molar-refractivity contribution < 1.29 is 9.53 Å². The van der Waals surface area contributed by atoms with Crippen molar-refractivity contribution in [3.8, 4) is 5.75 Å². The molecule has 0 unspecified atom stereocenters. The highest BCUT2D eigenvalue weighted by Crippen LogP contribution is 2.25. The first-order valence-corrected chi connectivity index (χ1v) is 9.66. The van der Waals surface area contributed by atoms with Crippen molar-refractivity contribution in [1.29, 1.82) is 0 Å². The zero-order valence-corrected chi connectivity index (χ0v) is 15.7. The minimum absolute atomic E-state index is 0.237. The molecule has 26 heavy (non-hydrogen) atoms. The Morgan fingerprint density at radius 2 is 1.92 bits per heavy atom. The number of nitrogens with one attached hydrogen (secondary N) is 1. The average Bonchev–Trinajstić information content (AvgIpc) is 3.13. The van der Waals surface area contributed by atoms with Gasteiger partial charge in [-0.15, -0.1) is 22.0 Å². The number of amides is 1. The van der Waals surface area contributed by atoms with Crippen LogP contribution in [-0.2, 0) is 10.5 Å². The number of methoxy groups -OCH3 is 1. The Morgan fingerprint density at radius 1 is 1.15 bits per heavy atom. The minimum Gasteiger partial charge on any atom is -0.497 e. The first-order chi connectivity index (χ1) is 12.7. The summed E-state index contributed by atoms with van der Waals surface area (Å²) in [6.45, 7) is 0. The molecule has 1 amide bonds. The van der Waals surface area contributed by atoms with Gasteiger partial charge in [-0.3, -0.25) is 10.1 Å². The van der Waals surface area contributed by atoms with Gasteiger partial charge < -0.3 is 4.74 Å². The van der Waals surface area contributed by atoms with Crippen molar-refractivity contribution in [2.45, 2.75) is 10.6 Å². The summed E-state index contributed by atoms with van der Waals surface area (Å²) in [6.07, 6.45) is 3.21. The second-order valence-corrected chi connectivity index (χ2v) is 7.31. The molecule has 0 bridgehead atoms. The number of nitrogens with zero attached hydrogens (tertiary/aromatic N) is 2. The molecule has 0 radical (unpaired) electrons. The van der Waals surface area contributed by atoms with Crippen molar-refractivity contribution in [3.05, 3.63) is 71.2 Å². The van der Waals surface area contributed by atoms with E-state index in [9.17, 15) is 4.79 Å². The van der Waals surface area contributed by atoms with Crippen LogP contribution in [0.4, 0.5) is 5.13 Å². The van der Waals surface area contributed by atoms with Crippen LogP contribution in [0.3, 0.4) is 0 Å². The van der Waals surface area contributed by atoms with E-state index in [4.69, 9.17) is 4.74 Å². The summed E-state index contributed by atoms with van der Waals surface area (Å²) in [6, 6.07) is 17.6. The predicted octanol–water partition coefficient (Wildman–Crippen LogP) is 4.49. The second kappa shape index (κ2) is 9.17. The number of carbonyl (C=O) groups excluding carboxylic acids is 1. The Balaban J connectivity index is 1.51. The van der Waals surface area contributed by atoms with Crippen molar-refractivity contribution in [3.63, 3.8) is 0 Å². The summed E-state index contributed by atoms with van der Waals surface area (Å²) >= 11 is 3.07. The summed E-state index contributed by atoms with van der Waals surface area (Å²) < 4.78 is 5.11. The first kappa shape index (κ1) is 18.2. The second-order valence-electron chi connectivity index (χ2n) is 5.20. The van der Waals surface area contributed by atoms with E-state index < -0.39 is 0 Å². The van der Waals surface area contributed by atoms with Gasteiger partial charge in [0.25, 0.3) is 0 Å². The van der Waals surface area contributed by atoms with E-state index in [0.29, 0.717) is 5.13 Å². The van der Waals surface area contributed by atoms with Gasteiger partial charge in [0.15, 0.2) is 0 Å². The lowest BCUT2D eigenvalue weighted by atomic mass is 10.2. The molecule has 0 saturated carbocycles. The molecule has 1 heterocycles. The fraction of sp³-hybridized carbons (Fsp3) is 0.105. The Hall–Kier alpha value is -2.64. The Morgan fingerprint density at radius 3 is 2.65 bits per heavy atom. The van der Waals surface area contributed by atoms with Crippen LogP contribution in [0.15, 0.2) is 65.6 Å². The molecule has 3 rings (SSSR count). The fourth-order valence-corrected chi connectivity index (χ4v) is 3.71. The summed E-state index contributed by atoms with van der Waals surface area (Å²) in [5.41, 5.74) is 0.915. The molecule has 1 N–H and O–H groups in total. The summed E-state index contributed by atoms with van der Waals surface area (Å²) in [5.74, 6) is 1.26. The van der Waals surface area contributed by atoms with Crippen molar-refractivity contribution >= 4 is 40.2 Å². The Kier molecular flexibility index (Phi) is 6.40. The average molecular weight is 383 g/mol. The standard InChI is InChI=1S/C19H17N3O2S2/c1-24-15-10-7-14(8-11-15)9-12-17(23)20-19-22-21-18(26-19)13-25-16-5-3-2-4-6-16/h2-12H,13H2,1H3,(H,20,22,23)/b12-9+. The van der Waals surface area contributed by atoms with Crippen LogP contribution in [0.25, 0.3) is 6.08 Å². The molecule has 0 atom stereocenters. The third-order valence-electron chi connectivity index (χ3n) is 3.35. The molecule has 0 aliphatic heterocycles. The number of thioether (sulfide) groups is 1. The molecule has 0 spiro atoms. The molecule has 132 valence electrons. The molecule has 1 aromatic heterocycles. The van der Waals surface area contributed by atoms with Crippen LogP contribution in [0.2, 0.25) is 0 Å². The topological polar surface area (TPSA) is 64.1 Å². The van der Waals surface area contributed by atoms with Crippen LogP contribution < -0.4 is 10.1 Å². The maximum atomic E-state index is 12.0. The summed E-state index contributed by atoms with van der Waals surface area (Å²) in [7, 11) is 1.62. The van der Waals surface area contributed by atoms with Crippen LogP contribution in [0, 0.1) is 0 Å². The van der Waals surface area contributed by atoms with Gasteiger partial charge in [-0.2, -0.15) is 0 Å². The molecule has 0 aliphatic carbocycles. The molecule has 0 aliphatic rings. The Labute approximate surface area is 160 Å². The lowest BCUT2D eigenvalue weighted by molar-refractivity contribution is -0.111. The predicted molar refractivity (Wildman–Crippen MR) is 107 cm³/mol. The number of hydrogen-bond donors (Lipinski definition) is 1. The van der Waals surface area contributed by atoms with E-state index in [1.54, 1.807) is 24.9 Å². The zero-order chi connectivity index (χ0) is 18.2. The lowest BCUT2D eigenvalue weighted by Crippen LogP contribution is -2.07. The molecule has 5 nitrogen and oxygen atoms in total. The molecule has 0 saturated heterocycles. The van der Waals surface area contributed by atoms with E-state index in [0.717, 1.165) is 22.1 Å². The van der Waals surface area contributed by atoms with E-state index in [1.165, 1.54) is 22.3 Å². The number of carbonyl (C=O) groups is 1. The van der Waals surface area contributed by atoms with E-state index >= 15 is 0 Å².